The van der Waals surface area contributed by atoms with Gasteiger partial charge in [0.1, 0.15) is 16.8 Å². The number of hydrogen-bond acceptors (Lipinski definition) is 3. The van der Waals surface area contributed by atoms with Crippen LogP contribution in [0.1, 0.15) is 12.5 Å². The van der Waals surface area contributed by atoms with E-state index >= 15 is 0 Å². The van der Waals surface area contributed by atoms with E-state index in [-0.39, 0.29) is 11.1 Å². The second-order valence-corrected chi connectivity index (χ2v) is 4.24. The van der Waals surface area contributed by atoms with E-state index in [4.69, 9.17) is 39.0 Å². The number of thiocarbonyl (C=S) groups is 1. The second kappa shape index (κ2) is 6.03. The Morgan fingerprint density at radius 2 is 2.25 bits per heavy atom. The molecule has 1 rings (SSSR count). The van der Waals surface area contributed by atoms with Crippen molar-refractivity contribution in [3.05, 3.63) is 28.8 Å². The van der Waals surface area contributed by atoms with Gasteiger partial charge >= 0.3 is 0 Å². The predicted molar refractivity (Wildman–Crippen MR) is 69.3 cm³/mol. The Balaban J connectivity index is 2.77. The standard InChI is InChI=1S/C11H14ClNO2S/c1-7(6-14-2)15-8-3-4-9(11(13)16)10(12)5-8/h3-5,7H,6H2,1-2H3,(H2,13,16). The molecule has 1 atom stereocenters. The van der Waals surface area contributed by atoms with Crippen molar-refractivity contribution in [3.63, 3.8) is 0 Å². The molecule has 0 saturated carbocycles. The molecule has 16 heavy (non-hydrogen) atoms. The Bertz CT molecular complexity index is 384. The van der Waals surface area contributed by atoms with Crippen LogP contribution in [0.3, 0.4) is 0 Å². The number of hydrogen-bond donors (Lipinski definition) is 1. The van der Waals surface area contributed by atoms with Gasteiger partial charge in [-0.25, -0.2) is 0 Å². The smallest absolute Gasteiger partial charge is 0.121 e. The first kappa shape index (κ1) is 13.2. The molecule has 0 heterocycles. The number of methoxy groups -OCH3 is 1. The summed E-state index contributed by atoms with van der Waals surface area (Å²) in [6, 6.07) is 5.23. The maximum absolute atomic E-state index is 6.01. The highest BCUT2D eigenvalue weighted by atomic mass is 35.5. The molecule has 0 amide bonds. The van der Waals surface area contributed by atoms with E-state index in [0.717, 1.165) is 0 Å². The predicted octanol–water partition coefficient (Wildman–Crippen LogP) is 2.39. The summed E-state index contributed by atoms with van der Waals surface area (Å²) in [5, 5.41) is 0.495. The maximum atomic E-state index is 6.01. The van der Waals surface area contributed by atoms with Crippen LogP contribution in [0.5, 0.6) is 5.75 Å². The molecule has 0 aliphatic carbocycles. The van der Waals surface area contributed by atoms with Gasteiger partial charge in [-0.2, -0.15) is 0 Å². The largest absolute Gasteiger partial charge is 0.488 e. The molecule has 3 nitrogen and oxygen atoms in total. The minimum absolute atomic E-state index is 0.0308. The molecule has 0 bridgehead atoms. The van der Waals surface area contributed by atoms with Gasteiger partial charge in [-0.05, 0) is 25.1 Å². The molecule has 1 aromatic carbocycles. The van der Waals surface area contributed by atoms with Crippen LogP contribution in [-0.4, -0.2) is 24.8 Å². The first-order valence-corrected chi connectivity index (χ1v) is 5.58. The van der Waals surface area contributed by atoms with Gasteiger partial charge in [0.15, 0.2) is 0 Å². The average molecular weight is 260 g/mol. The third kappa shape index (κ3) is 3.63. The van der Waals surface area contributed by atoms with Crippen LogP contribution in [-0.2, 0) is 4.74 Å². The molecule has 0 saturated heterocycles. The Kier molecular flexibility index (Phi) is 4.99. The van der Waals surface area contributed by atoms with Crippen molar-refractivity contribution >= 4 is 28.8 Å². The summed E-state index contributed by atoms with van der Waals surface area (Å²) in [5.41, 5.74) is 6.16. The van der Waals surface area contributed by atoms with Crippen molar-refractivity contribution in [1.82, 2.24) is 0 Å². The van der Waals surface area contributed by atoms with Crippen LogP contribution in [0.4, 0.5) is 0 Å². The highest BCUT2D eigenvalue weighted by molar-refractivity contribution is 7.80. The van der Waals surface area contributed by atoms with Crippen molar-refractivity contribution in [2.75, 3.05) is 13.7 Å². The SMILES string of the molecule is COCC(C)Oc1ccc(C(N)=S)c(Cl)c1. The number of halogens is 1. The lowest BCUT2D eigenvalue weighted by molar-refractivity contribution is 0.0921. The van der Waals surface area contributed by atoms with Crippen molar-refractivity contribution in [3.8, 4) is 5.75 Å². The Labute approximate surface area is 105 Å². The zero-order valence-electron chi connectivity index (χ0n) is 9.20. The monoisotopic (exact) mass is 259 g/mol. The number of rotatable bonds is 5. The van der Waals surface area contributed by atoms with E-state index in [9.17, 15) is 0 Å². The molecule has 0 fully saturated rings. The number of ether oxygens (including phenoxy) is 2. The van der Waals surface area contributed by atoms with E-state index < -0.39 is 0 Å². The molecule has 2 N–H and O–H groups in total. The van der Waals surface area contributed by atoms with Gasteiger partial charge in [0, 0.05) is 12.7 Å². The first-order chi connectivity index (χ1) is 7.54. The summed E-state index contributed by atoms with van der Waals surface area (Å²) in [5.74, 6) is 0.676. The van der Waals surface area contributed by atoms with Gasteiger partial charge in [0.05, 0.1) is 11.6 Å². The topological polar surface area (TPSA) is 44.5 Å². The van der Waals surface area contributed by atoms with Crippen molar-refractivity contribution < 1.29 is 9.47 Å². The maximum Gasteiger partial charge on any atom is 0.121 e. The van der Waals surface area contributed by atoms with Gasteiger partial charge in [-0.1, -0.05) is 23.8 Å². The molecule has 88 valence electrons. The van der Waals surface area contributed by atoms with Gasteiger partial charge in [-0.3, -0.25) is 0 Å². The Morgan fingerprint density at radius 1 is 1.56 bits per heavy atom. The van der Waals surface area contributed by atoms with E-state index in [1.54, 1.807) is 25.3 Å². The van der Waals surface area contributed by atoms with Crippen molar-refractivity contribution in [2.24, 2.45) is 5.73 Å². The molecule has 5 heteroatoms. The third-order valence-corrected chi connectivity index (χ3v) is 2.48. The normalized spacial score (nSPS) is 12.2. The minimum Gasteiger partial charge on any atom is -0.488 e. The van der Waals surface area contributed by atoms with Gasteiger partial charge in [-0.15, -0.1) is 0 Å². The van der Waals surface area contributed by atoms with Gasteiger partial charge < -0.3 is 15.2 Å². The van der Waals surface area contributed by atoms with Crippen LogP contribution in [0.25, 0.3) is 0 Å². The molecule has 1 aromatic rings. The van der Waals surface area contributed by atoms with Crippen LogP contribution < -0.4 is 10.5 Å². The Morgan fingerprint density at radius 3 is 2.75 bits per heavy atom. The summed E-state index contributed by atoms with van der Waals surface area (Å²) in [4.78, 5) is 0.279. The number of benzene rings is 1. The third-order valence-electron chi connectivity index (χ3n) is 1.94. The zero-order valence-corrected chi connectivity index (χ0v) is 10.8. The second-order valence-electron chi connectivity index (χ2n) is 3.39. The summed E-state index contributed by atoms with van der Waals surface area (Å²) in [6.45, 7) is 2.44. The van der Waals surface area contributed by atoms with Gasteiger partial charge in [0.2, 0.25) is 0 Å². The fourth-order valence-electron chi connectivity index (χ4n) is 1.27. The zero-order chi connectivity index (χ0) is 12.1. The lowest BCUT2D eigenvalue weighted by Gasteiger charge is -2.14. The van der Waals surface area contributed by atoms with Crippen LogP contribution in [0.15, 0.2) is 18.2 Å². The fraction of sp³-hybridized carbons (Fsp3) is 0.364. The van der Waals surface area contributed by atoms with E-state index in [1.165, 1.54) is 0 Å². The van der Waals surface area contributed by atoms with Crippen LogP contribution in [0.2, 0.25) is 5.02 Å². The Hall–Kier alpha value is -0.840. The first-order valence-electron chi connectivity index (χ1n) is 4.79. The van der Waals surface area contributed by atoms with Crippen LogP contribution in [0, 0.1) is 0 Å². The molecular formula is C11H14ClNO2S. The molecule has 1 unspecified atom stereocenters. The van der Waals surface area contributed by atoms with E-state index in [2.05, 4.69) is 0 Å². The average Bonchev–Trinajstić information content (AvgIpc) is 2.17. The quantitative estimate of drug-likeness (QED) is 0.825. The van der Waals surface area contributed by atoms with E-state index in [0.29, 0.717) is 22.9 Å². The lowest BCUT2D eigenvalue weighted by atomic mass is 10.2. The molecule has 0 aromatic heterocycles. The molecule has 0 aliphatic heterocycles. The van der Waals surface area contributed by atoms with Crippen LogP contribution >= 0.6 is 23.8 Å². The highest BCUT2D eigenvalue weighted by Crippen LogP contribution is 2.23. The fourth-order valence-corrected chi connectivity index (χ4v) is 1.78. The summed E-state index contributed by atoms with van der Waals surface area (Å²) in [7, 11) is 1.63. The lowest BCUT2D eigenvalue weighted by Crippen LogP contribution is -2.18. The summed E-state index contributed by atoms with van der Waals surface area (Å²) < 4.78 is 10.5. The molecule has 0 radical (unpaired) electrons. The molecule has 0 spiro atoms. The summed E-state index contributed by atoms with van der Waals surface area (Å²) in [6.07, 6.45) is -0.0308. The summed E-state index contributed by atoms with van der Waals surface area (Å²) >= 11 is 10.9. The van der Waals surface area contributed by atoms with Crippen molar-refractivity contribution in [2.45, 2.75) is 13.0 Å². The van der Waals surface area contributed by atoms with Gasteiger partial charge in [0.25, 0.3) is 0 Å². The molecule has 0 aliphatic rings. The highest BCUT2D eigenvalue weighted by Gasteiger charge is 2.07. The number of nitrogens with two attached hydrogens (primary N) is 1. The van der Waals surface area contributed by atoms with E-state index in [1.807, 2.05) is 6.92 Å². The van der Waals surface area contributed by atoms with Crippen molar-refractivity contribution in [1.29, 1.82) is 0 Å². The minimum atomic E-state index is -0.0308. The molecular weight excluding hydrogens is 246 g/mol.